The van der Waals surface area contributed by atoms with Crippen LogP contribution in [0.3, 0.4) is 0 Å². The molecule has 6 nitrogen and oxygen atoms in total. The Kier molecular flexibility index (Phi) is 8.19. The van der Waals surface area contributed by atoms with Crippen molar-refractivity contribution >= 4 is 11.9 Å². The Hall–Kier alpha value is -3.67. The van der Waals surface area contributed by atoms with Crippen LogP contribution in [0.2, 0.25) is 0 Å². The summed E-state index contributed by atoms with van der Waals surface area (Å²) in [6, 6.07) is 18.5. The van der Waals surface area contributed by atoms with Crippen molar-refractivity contribution in [1.82, 2.24) is 10.3 Å². The van der Waals surface area contributed by atoms with Crippen molar-refractivity contribution in [3.63, 3.8) is 0 Å². The van der Waals surface area contributed by atoms with Crippen LogP contribution in [0.4, 0.5) is 0 Å². The first-order valence-electron chi connectivity index (χ1n) is 11.1. The lowest BCUT2D eigenvalue weighted by atomic mass is 9.93. The summed E-state index contributed by atoms with van der Waals surface area (Å²) in [6.07, 6.45) is 2.55. The molecular weight excluding hydrogens is 416 g/mol. The van der Waals surface area contributed by atoms with Gasteiger partial charge in [-0.3, -0.25) is 14.6 Å². The summed E-state index contributed by atoms with van der Waals surface area (Å²) in [5.74, 6) is -1.15. The van der Waals surface area contributed by atoms with Gasteiger partial charge in [0.2, 0.25) is 5.91 Å². The molecule has 0 saturated carbocycles. The Morgan fingerprint density at radius 1 is 1.03 bits per heavy atom. The molecule has 0 bridgehead atoms. The van der Waals surface area contributed by atoms with Crippen molar-refractivity contribution in [3.8, 4) is 5.75 Å². The minimum absolute atomic E-state index is 0.169. The molecule has 0 fully saturated rings. The number of carboxylic acid groups (broad SMARTS) is 1. The highest BCUT2D eigenvalue weighted by Gasteiger charge is 2.26. The molecule has 33 heavy (non-hydrogen) atoms. The fourth-order valence-corrected chi connectivity index (χ4v) is 3.63. The summed E-state index contributed by atoms with van der Waals surface area (Å²) < 4.78 is 5.64. The van der Waals surface area contributed by atoms with Gasteiger partial charge < -0.3 is 15.2 Å². The number of benzene rings is 2. The van der Waals surface area contributed by atoms with Crippen LogP contribution in [0.15, 0.2) is 66.9 Å². The highest BCUT2D eigenvalue weighted by Crippen LogP contribution is 2.23. The number of nitrogens with one attached hydrogen (secondary N) is 1. The van der Waals surface area contributed by atoms with Crippen molar-refractivity contribution in [1.29, 1.82) is 0 Å². The number of ether oxygens (including phenoxy) is 1. The van der Waals surface area contributed by atoms with E-state index >= 15 is 0 Å². The van der Waals surface area contributed by atoms with Crippen LogP contribution < -0.4 is 10.1 Å². The molecule has 1 amide bonds. The fraction of sp³-hybridized carbons (Fsp3) is 0.296. The van der Waals surface area contributed by atoms with Gasteiger partial charge in [-0.1, -0.05) is 54.1 Å². The summed E-state index contributed by atoms with van der Waals surface area (Å²) in [7, 11) is 0. The first-order chi connectivity index (χ1) is 15.9. The molecule has 172 valence electrons. The van der Waals surface area contributed by atoms with Crippen LogP contribution in [0, 0.1) is 12.8 Å². The number of rotatable bonds is 10. The van der Waals surface area contributed by atoms with Gasteiger partial charge in [-0.2, -0.15) is 0 Å². The number of pyridine rings is 1. The van der Waals surface area contributed by atoms with E-state index in [9.17, 15) is 14.7 Å². The predicted octanol–water partition coefficient (Wildman–Crippen LogP) is 4.50. The standard InChI is InChI=1S/C27H30N2O4/c1-4-33-24-6-5-15-28-23(24)16-20-9-11-21(12-10-20)17-25(30)29-26(19(3)27(31)32)22-13-7-18(2)8-14-22/h5-15,19,26H,4,16-17H2,1-3H3,(H,29,30)(H,31,32)/t19-,26+/m1/s1. The van der Waals surface area contributed by atoms with E-state index in [1.807, 2.05) is 74.5 Å². The molecule has 0 aliphatic carbocycles. The number of amides is 1. The molecule has 2 N–H and O–H groups in total. The summed E-state index contributed by atoms with van der Waals surface area (Å²) in [5, 5.41) is 12.4. The maximum atomic E-state index is 12.8. The molecule has 0 aliphatic rings. The molecule has 3 aromatic rings. The number of hydrogen-bond acceptors (Lipinski definition) is 4. The average Bonchev–Trinajstić information content (AvgIpc) is 2.80. The quantitative estimate of drug-likeness (QED) is 0.479. The molecule has 6 heteroatoms. The smallest absolute Gasteiger partial charge is 0.308 e. The molecule has 0 spiro atoms. The van der Waals surface area contributed by atoms with Gasteiger partial charge in [0.15, 0.2) is 0 Å². The molecule has 2 aromatic carbocycles. The van der Waals surface area contributed by atoms with Gasteiger partial charge in [0.1, 0.15) is 5.75 Å². The Morgan fingerprint density at radius 3 is 2.33 bits per heavy atom. The van der Waals surface area contributed by atoms with Crippen LogP contribution in [-0.2, 0) is 22.4 Å². The van der Waals surface area contributed by atoms with Crippen molar-refractivity contribution in [2.75, 3.05) is 6.61 Å². The molecule has 0 aliphatic heterocycles. The second kappa shape index (κ2) is 11.3. The predicted molar refractivity (Wildman–Crippen MR) is 127 cm³/mol. The monoisotopic (exact) mass is 446 g/mol. The second-order valence-electron chi connectivity index (χ2n) is 8.13. The zero-order valence-electron chi connectivity index (χ0n) is 19.2. The minimum atomic E-state index is -0.953. The Balaban J connectivity index is 1.66. The third-order valence-corrected chi connectivity index (χ3v) is 5.55. The molecule has 1 heterocycles. The van der Waals surface area contributed by atoms with Crippen LogP contribution in [0.25, 0.3) is 0 Å². The number of carbonyl (C=O) groups excluding carboxylic acids is 1. The Bertz CT molecular complexity index is 1080. The van der Waals surface area contributed by atoms with Crippen molar-refractivity contribution in [2.45, 2.75) is 39.7 Å². The lowest BCUT2D eigenvalue weighted by molar-refractivity contribution is -0.142. The van der Waals surface area contributed by atoms with Crippen molar-refractivity contribution in [3.05, 3.63) is 94.8 Å². The Labute approximate surface area is 194 Å². The number of aliphatic carboxylic acids is 1. The first-order valence-corrected chi connectivity index (χ1v) is 11.1. The van der Waals surface area contributed by atoms with Gasteiger partial charge >= 0.3 is 5.97 Å². The first kappa shape index (κ1) is 24.0. The van der Waals surface area contributed by atoms with Gasteiger partial charge in [0.05, 0.1) is 30.7 Å². The highest BCUT2D eigenvalue weighted by molar-refractivity contribution is 5.80. The molecule has 2 atom stereocenters. The van der Waals surface area contributed by atoms with E-state index in [1.54, 1.807) is 13.1 Å². The molecule has 0 unspecified atom stereocenters. The second-order valence-corrected chi connectivity index (χ2v) is 8.13. The number of carbonyl (C=O) groups is 2. The molecular formula is C27H30N2O4. The van der Waals surface area contributed by atoms with Gasteiger partial charge in [-0.15, -0.1) is 0 Å². The molecule has 0 radical (unpaired) electrons. The van der Waals surface area contributed by atoms with Gasteiger partial charge in [0, 0.05) is 12.6 Å². The summed E-state index contributed by atoms with van der Waals surface area (Å²) >= 11 is 0. The third-order valence-electron chi connectivity index (χ3n) is 5.55. The average molecular weight is 447 g/mol. The van der Waals surface area contributed by atoms with Gasteiger partial charge in [-0.25, -0.2) is 0 Å². The summed E-state index contributed by atoms with van der Waals surface area (Å²) in [5.41, 5.74) is 4.64. The van der Waals surface area contributed by atoms with Crippen molar-refractivity contribution in [2.24, 2.45) is 5.92 Å². The van der Waals surface area contributed by atoms with Crippen molar-refractivity contribution < 1.29 is 19.4 Å². The molecule has 3 rings (SSSR count). The summed E-state index contributed by atoms with van der Waals surface area (Å²) in [4.78, 5) is 28.8. The number of nitrogens with zero attached hydrogens (tertiary/aromatic N) is 1. The lowest BCUT2D eigenvalue weighted by Gasteiger charge is -2.23. The number of hydrogen-bond donors (Lipinski definition) is 2. The zero-order valence-corrected chi connectivity index (χ0v) is 19.2. The largest absolute Gasteiger partial charge is 0.492 e. The Morgan fingerprint density at radius 2 is 1.70 bits per heavy atom. The molecule has 0 saturated heterocycles. The maximum absolute atomic E-state index is 12.8. The zero-order chi connectivity index (χ0) is 23.8. The van der Waals surface area contributed by atoms with Gasteiger partial charge in [0.25, 0.3) is 0 Å². The maximum Gasteiger partial charge on any atom is 0.308 e. The van der Waals surface area contributed by atoms with Crippen LogP contribution in [0.1, 0.15) is 47.8 Å². The highest BCUT2D eigenvalue weighted by atomic mass is 16.5. The van der Waals surface area contributed by atoms with E-state index in [2.05, 4.69) is 10.3 Å². The van der Waals surface area contributed by atoms with E-state index in [1.165, 1.54) is 0 Å². The lowest BCUT2D eigenvalue weighted by Crippen LogP contribution is -2.36. The molecule has 1 aromatic heterocycles. The topological polar surface area (TPSA) is 88.5 Å². The van der Waals surface area contributed by atoms with Crippen LogP contribution >= 0.6 is 0 Å². The van der Waals surface area contributed by atoms with Crippen LogP contribution in [-0.4, -0.2) is 28.6 Å². The third kappa shape index (κ3) is 6.65. The van der Waals surface area contributed by atoms with E-state index in [4.69, 9.17) is 4.74 Å². The van der Waals surface area contributed by atoms with E-state index in [0.29, 0.717) is 13.0 Å². The van der Waals surface area contributed by atoms with Crippen LogP contribution in [0.5, 0.6) is 5.75 Å². The van der Waals surface area contributed by atoms with E-state index in [-0.39, 0.29) is 12.3 Å². The van der Waals surface area contributed by atoms with E-state index in [0.717, 1.165) is 33.7 Å². The fourth-order valence-electron chi connectivity index (χ4n) is 3.63. The normalized spacial score (nSPS) is 12.6. The summed E-state index contributed by atoms with van der Waals surface area (Å²) in [6.45, 7) is 6.09. The number of carboxylic acids is 1. The van der Waals surface area contributed by atoms with E-state index < -0.39 is 17.9 Å². The van der Waals surface area contributed by atoms with Gasteiger partial charge in [-0.05, 0) is 49.6 Å². The minimum Gasteiger partial charge on any atom is -0.492 e. The number of aryl methyl sites for hydroxylation is 1. The number of aromatic nitrogens is 1. The SMILES string of the molecule is CCOc1cccnc1Cc1ccc(CC(=O)N[C@H](c2ccc(C)cc2)[C@@H](C)C(=O)O)cc1.